The van der Waals surface area contributed by atoms with Crippen molar-refractivity contribution in [3.05, 3.63) is 62.6 Å². The van der Waals surface area contributed by atoms with Crippen molar-refractivity contribution < 1.29 is 31.2 Å². The number of piperidine rings is 1. The van der Waals surface area contributed by atoms with Gasteiger partial charge in [0, 0.05) is 47.2 Å². The van der Waals surface area contributed by atoms with Crippen LogP contribution in [-0.4, -0.2) is 50.0 Å². The maximum absolute atomic E-state index is 14.2. The third kappa shape index (κ3) is 7.98. The Morgan fingerprint density at radius 1 is 1.05 bits per heavy atom. The summed E-state index contributed by atoms with van der Waals surface area (Å²) in [4.78, 5) is 27.4. The first-order valence-electron chi connectivity index (χ1n) is 14.0. The highest BCUT2D eigenvalue weighted by molar-refractivity contribution is 7.91. The highest BCUT2D eigenvalue weighted by atomic mass is 35.5. The van der Waals surface area contributed by atoms with E-state index in [1.54, 1.807) is 0 Å². The van der Waals surface area contributed by atoms with Crippen LogP contribution in [0.3, 0.4) is 0 Å². The van der Waals surface area contributed by atoms with Gasteiger partial charge in [0.05, 0.1) is 16.2 Å². The molecule has 2 aliphatic rings. The van der Waals surface area contributed by atoms with Crippen molar-refractivity contribution in [1.82, 2.24) is 15.5 Å². The average Bonchev–Trinajstić information content (AvgIpc) is 3.47. The lowest BCUT2D eigenvalue weighted by molar-refractivity contribution is -0.138. The van der Waals surface area contributed by atoms with Gasteiger partial charge in [-0.3, -0.25) is 14.5 Å². The molecule has 0 unspecified atom stereocenters. The van der Waals surface area contributed by atoms with Crippen LogP contribution in [0.1, 0.15) is 72.5 Å². The molecule has 7 nitrogen and oxygen atoms in total. The summed E-state index contributed by atoms with van der Waals surface area (Å²) < 4.78 is 67.6. The van der Waals surface area contributed by atoms with Crippen molar-refractivity contribution in [3.8, 4) is 0 Å². The van der Waals surface area contributed by atoms with Crippen LogP contribution in [0.15, 0.2) is 35.2 Å². The average molecular weight is 649 g/mol. The van der Waals surface area contributed by atoms with Gasteiger partial charge in [-0.05, 0) is 73.7 Å². The maximum Gasteiger partial charge on any atom is 0.416 e. The summed E-state index contributed by atoms with van der Waals surface area (Å²) in [7, 11) is -3.63. The summed E-state index contributed by atoms with van der Waals surface area (Å²) in [5, 5.41) is 5.61. The van der Waals surface area contributed by atoms with E-state index in [1.807, 2.05) is 4.90 Å². The fourth-order valence-corrected chi connectivity index (χ4v) is 7.24. The lowest BCUT2D eigenvalue weighted by atomic mass is 9.99. The van der Waals surface area contributed by atoms with E-state index < -0.39 is 27.5 Å². The smallest absolute Gasteiger partial charge is 0.352 e. The molecule has 2 aromatic carbocycles. The molecule has 42 heavy (non-hydrogen) atoms. The van der Waals surface area contributed by atoms with Gasteiger partial charge < -0.3 is 10.6 Å². The molecule has 0 spiro atoms. The quantitative estimate of drug-likeness (QED) is 0.348. The van der Waals surface area contributed by atoms with Crippen molar-refractivity contribution in [1.29, 1.82) is 0 Å². The molecular formula is C29H34Cl2F3N3O4S. The molecule has 2 amide bonds. The number of sulfone groups is 1. The monoisotopic (exact) mass is 647 g/mol. The number of amides is 2. The molecule has 4 rings (SSSR count). The van der Waals surface area contributed by atoms with E-state index >= 15 is 0 Å². The number of likely N-dealkylation sites (tertiary alicyclic amines) is 1. The fraction of sp³-hybridized carbons (Fsp3) is 0.517. The van der Waals surface area contributed by atoms with Crippen LogP contribution in [0.5, 0.6) is 0 Å². The summed E-state index contributed by atoms with van der Waals surface area (Å²) in [5.41, 5.74) is -1.25. The van der Waals surface area contributed by atoms with E-state index in [9.17, 15) is 31.2 Å². The summed E-state index contributed by atoms with van der Waals surface area (Å²) in [5.74, 6) is -0.999. The summed E-state index contributed by atoms with van der Waals surface area (Å²) in [6.45, 7) is 2.07. The molecule has 1 aliphatic heterocycles. The number of alkyl halides is 3. The van der Waals surface area contributed by atoms with Crippen LogP contribution in [0.25, 0.3) is 0 Å². The molecule has 2 N–H and O–H groups in total. The van der Waals surface area contributed by atoms with Crippen LogP contribution < -0.4 is 10.6 Å². The Morgan fingerprint density at radius 2 is 1.76 bits per heavy atom. The van der Waals surface area contributed by atoms with Crippen molar-refractivity contribution in [2.45, 2.75) is 75.7 Å². The molecule has 1 saturated heterocycles. The van der Waals surface area contributed by atoms with Crippen LogP contribution in [-0.2, 0) is 33.9 Å². The molecule has 1 heterocycles. The number of rotatable bonds is 9. The Morgan fingerprint density at radius 3 is 2.43 bits per heavy atom. The van der Waals surface area contributed by atoms with Gasteiger partial charge >= 0.3 is 6.18 Å². The topological polar surface area (TPSA) is 95.6 Å². The zero-order chi connectivity index (χ0) is 30.7. The highest BCUT2D eigenvalue weighted by Crippen LogP contribution is 2.37. The van der Waals surface area contributed by atoms with Crippen LogP contribution in [0, 0.1) is 5.92 Å². The second kappa shape index (κ2) is 13.5. The minimum atomic E-state index is -4.78. The number of nitrogens with zero attached hydrogens (tertiary/aromatic N) is 1. The van der Waals surface area contributed by atoms with Crippen molar-refractivity contribution in [2.24, 2.45) is 5.92 Å². The molecule has 2 fully saturated rings. The second-order valence-corrected chi connectivity index (χ2v) is 14.0. The fourth-order valence-electron chi connectivity index (χ4n) is 5.65. The van der Waals surface area contributed by atoms with Crippen LogP contribution in [0.2, 0.25) is 10.0 Å². The van der Waals surface area contributed by atoms with E-state index in [4.69, 9.17) is 23.2 Å². The molecule has 0 aromatic heterocycles. The second-order valence-electron chi connectivity index (χ2n) is 10.9. The van der Waals surface area contributed by atoms with E-state index in [1.165, 1.54) is 31.2 Å². The number of benzene rings is 2. The third-order valence-corrected chi connectivity index (χ3v) is 10.3. The Bertz CT molecular complexity index is 1430. The number of carbonyl (C=O) groups excluding carboxylic acids is 2. The number of carbonyl (C=O) groups is 2. The Labute approximate surface area is 254 Å². The lowest BCUT2D eigenvalue weighted by Crippen LogP contribution is -2.48. The molecule has 13 heteroatoms. The van der Waals surface area contributed by atoms with Crippen molar-refractivity contribution in [3.63, 3.8) is 0 Å². The van der Waals surface area contributed by atoms with E-state index in [2.05, 4.69) is 10.6 Å². The predicted octanol–water partition coefficient (Wildman–Crippen LogP) is 6.01. The van der Waals surface area contributed by atoms with Gasteiger partial charge in [-0.15, -0.1) is 0 Å². The molecule has 1 atom stereocenters. The largest absolute Gasteiger partial charge is 0.416 e. The first-order chi connectivity index (χ1) is 19.8. The Hall–Kier alpha value is -2.34. The third-order valence-electron chi connectivity index (χ3n) is 7.90. The first kappa shape index (κ1) is 32.6. The van der Waals surface area contributed by atoms with E-state index in [0.717, 1.165) is 38.2 Å². The number of hydrogen-bond acceptors (Lipinski definition) is 5. The van der Waals surface area contributed by atoms with Gasteiger partial charge in [-0.1, -0.05) is 43.0 Å². The number of hydrogen-bond donors (Lipinski definition) is 2. The zero-order valence-electron chi connectivity index (χ0n) is 23.2. The standard InChI is InChI=1S/C29H34Cl2F3N3O4S/c1-2-42(40,41)26-10-9-21(30)12-20(26)15-35-27(38)19-13-24(29(32,33)34)23(25(31)14-19)17-37-11-5-8-22(16-37)36-28(39)18-6-3-4-7-18/h9-10,12-14,18,22H,2-8,11,15-17H2,1H3,(H,35,38)(H,36,39)/t22-/m0/s1. The Balaban J connectivity index is 1.50. The molecule has 0 radical (unpaired) electrons. The Kier molecular flexibility index (Phi) is 10.5. The predicted molar refractivity (Wildman–Crippen MR) is 155 cm³/mol. The van der Waals surface area contributed by atoms with Gasteiger partial charge in [0.2, 0.25) is 5.91 Å². The minimum Gasteiger partial charge on any atom is -0.352 e. The van der Waals surface area contributed by atoms with Gasteiger partial charge in [0.1, 0.15) is 0 Å². The molecule has 0 bridgehead atoms. The minimum absolute atomic E-state index is 0.00635. The maximum atomic E-state index is 14.2. The van der Waals surface area contributed by atoms with Crippen LogP contribution >= 0.6 is 23.2 Å². The van der Waals surface area contributed by atoms with Crippen molar-refractivity contribution in [2.75, 3.05) is 18.8 Å². The van der Waals surface area contributed by atoms with Gasteiger partial charge in [0.15, 0.2) is 9.84 Å². The lowest BCUT2D eigenvalue weighted by Gasteiger charge is -2.34. The zero-order valence-corrected chi connectivity index (χ0v) is 25.5. The molecular weight excluding hydrogens is 614 g/mol. The molecule has 230 valence electrons. The van der Waals surface area contributed by atoms with E-state index in [0.29, 0.717) is 19.5 Å². The number of halogens is 5. The SMILES string of the molecule is CCS(=O)(=O)c1ccc(Cl)cc1CNC(=O)c1cc(Cl)c(CN2CCC[C@H](NC(=O)C3CCCC3)C2)c(C(F)(F)F)c1. The van der Waals surface area contributed by atoms with E-state index in [-0.39, 0.29) is 68.3 Å². The first-order valence-corrected chi connectivity index (χ1v) is 16.4. The summed E-state index contributed by atoms with van der Waals surface area (Å²) in [6.07, 6.45) is 0.482. The van der Waals surface area contributed by atoms with Gasteiger partial charge in [-0.2, -0.15) is 13.2 Å². The molecule has 2 aromatic rings. The molecule has 1 saturated carbocycles. The summed E-state index contributed by atoms with van der Waals surface area (Å²) >= 11 is 12.4. The highest BCUT2D eigenvalue weighted by Gasteiger charge is 2.36. The van der Waals surface area contributed by atoms with Crippen molar-refractivity contribution >= 4 is 44.9 Å². The normalized spacial score (nSPS) is 18.7. The number of nitrogens with one attached hydrogen (secondary N) is 2. The van der Waals surface area contributed by atoms with Crippen LogP contribution in [0.4, 0.5) is 13.2 Å². The van der Waals surface area contributed by atoms with Gasteiger partial charge in [0.25, 0.3) is 5.91 Å². The van der Waals surface area contributed by atoms with Gasteiger partial charge in [-0.25, -0.2) is 8.42 Å². The molecule has 1 aliphatic carbocycles. The summed E-state index contributed by atoms with van der Waals surface area (Å²) in [6, 6.07) is 5.94.